The van der Waals surface area contributed by atoms with Gasteiger partial charge in [-0.2, -0.15) is 0 Å². The Morgan fingerprint density at radius 1 is 1.29 bits per heavy atom. The van der Waals surface area contributed by atoms with E-state index in [0.29, 0.717) is 12.4 Å². The van der Waals surface area contributed by atoms with Gasteiger partial charge in [-0.15, -0.1) is 0 Å². The summed E-state index contributed by atoms with van der Waals surface area (Å²) in [6.07, 6.45) is 1.95. The predicted molar refractivity (Wildman–Crippen MR) is 73.3 cm³/mol. The van der Waals surface area contributed by atoms with Gasteiger partial charge in [-0.1, -0.05) is 12.1 Å². The summed E-state index contributed by atoms with van der Waals surface area (Å²) in [5, 5.41) is 8.84. The third-order valence-corrected chi connectivity index (χ3v) is 2.82. The summed E-state index contributed by atoms with van der Waals surface area (Å²) in [5.41, 5.74) is 0.577. The molecular formula is C15H14FNO4. The molecule has 0 unspecified atom stereocenters. The van der Waals surface area contributed by atoms with E-state index in [1.165, 1.54) is 6.20 Å². The van der Waals surface area contributed by atoms with Gasteiger partial charge in [0.2, 0.25) is 0 Å². The van der Waals surface area contributed by atoms with Crippen LogP contribution in [0.2, 0.25) is 0 Å². The van der Waals surface area contributed by atoms with Crippen LogP contribution in [0.3, 0.4) is 0 Å². The van der Waals surface area contributed by atoms with Crippen LogP contribution in [-0.2, 0) is 11.2 Å². The zero-order valence-electron chi connectivity index (χ0n) is 11.4. The van der Waals surface area contributed by atoms with Gasteiger partial charge in [-0.3, -0.25) is 0 Å². The summed E-state index contributed by atoms with van der Waals surface area (Å²) in [6, 6.07) is 8.07. The number of nitrogens with zero attached hydrogens (tertiary/aromatic N) is 1. The van der Waals surface area contributed by atoms with E-state index < -0.39 is 17.3 Å². The van der Waals surface area contributed by atoms with Crippen LogP contribution in [0.4, 0.5) is 4.39 Å². The molecule has 1 N–H and O–H groups in total. The molecule has 0 fully saturated rings. The molecule has 110 valence electrons. The van der Waals surface area contributed by atoms with Gasteiger partial charge in [0.05, 0.1) is 6.61 Å². The summed E-state index contributed by atoms with van der Waals surface area (Å²) in [4.78, 5) is 14.5. The largest absolute Gasteiger partial charge is 0.478 e. The fraction of sp³-hybridized carbons (Fsp3) is 0.200. The first-order chi connectivity index (χ1) is 10.1. The molecule has 0 atom stereocenters. The zero-order chi connectivity index (χ0) is 15.2. The second-order valence-corrected chi connectivity index (χ2v) is 4.27. The summed E-state index contributed by atoms with van der Waals surface area (Å²) in [6.45, 7) is 0.608. The molecule has 0 aliphatic rings. The number of carbonyl (C=O) groups is 1. The molecular weight excluding hydrogens is 277 g/mol. The summed E-state index contributed by atoms with van der Waals surface area (Å²) >= 11 is 0. The first-order valence-electron chi connectivity index (χ1n) is 6.25. The van der Waals surface area contributed by atoms with Gasteiger partial charge in [-0.05, 0) is 30.2 Å². The number of methoxy groups -OCH3 is 1. The quantitative estimate of drug-likeness (QED) is 0.886. The minimum atomic E-state index is -1.37. The van der Waals surface area contributed by atoms with Crippen molar-refractivity contribution in [1.82, 2.24) is 4.98 Å². The summed E-state index contributed by atoms with van der Waals surface area (Å²) in [7, 11) is 1.63. The van der Waals surface area contributed by atoms with Crippen molar-refractivity contribution in [2.45, 2.75) is 6.42 Å². The van der Waals surface area contributed by atoms with Gasteiger partial charge < -0.3 is 14.6 Å². The third kappa shape index (κ3) is 3.76. The van der Waals surface area contributed by atoms with Gasteiger partial charge >= 0.3 is 5.97 Å². The number of hydrogen-bond donors (Lipinski definition) is 1. The van der Waals surface area contributed by atoms with E-state index in [4.69, 9.17) is 14.6 Å². The predicted octanol–water partition coefficient (Wildman–Crippen LogP) is 2.90. The van der Waals surface area contributed by atoms with Crippen LogP contribution in [0.1, 0.15) is 15.9 Å². The average Bonchev–Trinajstić information content (AvgIpc) is 2.48. The van der Waals surface area contributed by atoms with Crippen molar-refractivity contribution in [3.05, 3.63) is 53.5 Å². The van der Waals surface area contributed by atoms with Crippen molar-refractivity contribution in [3.8, 4) is 11.6 Å². The highest BCUT2D eigenvalue weighted by molar-refractivity contribution is 5.88. The Bertz CT molecular complexity index is 628. The minimum Gasteiger partial charge on any atom is -0.478 e. The molecule has 0 saturated carbocycles. The molecule has 0 radical (unpaired) electrons. The molecule has 0 aliphatic carbocycles. The lowest BCUT2D eigenvalue weighted by Gasteiger charge is -2.08. The van der Waals surface area contributed by atoms with Crippen LogP contribution < -0.4 is 4.74 Å². The van der Waals surface area contributed by atoms with Crippen molar-refractivity contribution in [3.63, 3.8) is 0 Å². The highest BCUT2D eigenvalue weighted by Gasteiger charge is 2.16. The molecule has 0 amide bonds. The molecule has 21 heavy (non-hydrogen) atoms. The Morgan fingerprint density at radius 2 is 2.00 bits per heavy atom. The Labute approximate surface area is 121 Å². The Morgan fingerprint density at radius 3 is 2.62 bits per heavy atom. The van der Waals surface area contributed by atoms with Gasteiger partial charge in [0.25, 0.3) is 5.88 Å². The first-order valence-corrected chi connectivity index (χ1v) is 6.25. The lowest BCUT2D eigenvalue weighted by atomic mass is 10.1. The fourth-order valence-electron chi connectivity index (χ4n) is 1.72. The van der Waals surface area contributed by atoms with Crippen LogP contribution in [0.15, 0.2) is 36.5 Å². The smallest absolute Gasteiger partial charge is 0.338 e. The maximum absolute atomic E-state index is 13.9. The molecule has 0 aliphatic heterocycles. The van der Waals surface area contributed by atoms with E-state index >= 15 is 0 Å². The van der Waals surface area contributed by atoms with Crippen LogP contribution in [0, 0.1) is 5.82 Å². The van der Waals surface area contributed by atoms with E-state index in [-0.39, 0.29) is 5.88 Å². The van der Waals surface area contributed by atoms with Crippen LogP contribution in [0.25, 0.3) is 0 Å². The highest BCUT2D eigenvalue weighted by atomic mass is 19.1. The molecule has 6 heteroatoms. The van der Waals surface area contributed by atoms with E-state index in [9.17, 15) is 9.18 Å². The highest BCUT2D eigenvalue weighted by Crippen LogP contribution is 2.24. The number of aromatic nitrogens is 1. The number of pyridine rings is 1. The lowest BCUT2D eigenvalue weighted by molar-refractivity contribution is 0.0690. The number of aromatic carboxylic acids is 1. The molecule has 0 bridgehead atoms. The van der Waals surface area contributed by atoms with Gasteiger partial charge in [-0.25, -0.2) is 14.2 Å². The van der Waals surface area contributed by atoms with Crippen molar-refractivity contribution in [2.24, 2.45) is 0 Å². The first kappa shape index (κ1) is 14.9. The summed E-state index contributed by atoms with van der Waals surface area (Å²) < 4.78 is 24.1. The SMILES string of the molecule is COCCc1ccc(Oc2nccc(C(=O)O)c2F)cc1. The molecule has 1 heterocycles. The van der Waals surface area contributed by atoms with Gasteiger partial charge in [0.15, 0.2) is 5.82 Å². The molecule has 0 saturated heterocycles. The Balaban J connectivity index is 2.15. The zero-order valence-corrected chi connectivity index (χ0v) is 11.4. The van der Waals surface area contributed by atoms with E-state index in [1.54, 1.807) is 19.2 Å². The normalized spacial score (nSPS) is 10.4. The van der Waals surface area contributed by atoms with Crippen LogP contribution in [-0.4, -0.2) is 29.8 Å². The van der Waals surface area contributed by atoms with Crippen molar-refractivity contribution in [1.29, 1.82) is 0 Å². The number of rotatable bonds is 6. The van der Waals surface area contributed by atoms with Crippen LogP contribution >= 0.6 is 0 Å². The Hall–Kier alpha value is -2.47. The van der Waals surface area contributed by atoms with Crippen molar-refractivity contribution < 1.29 is 23.8 Å². The number of halogens is 1. The maximum Gasteiger partial charge on any atom is 0.338 e. The molecule has 2 rings (SSSR count). The van der Waals surface area contributed by atoms with E-state index in [0.717, 1.165) is 18.1 Å². The van der Waals surface area contributed by atoms with Crippen molar-refractivity contribution >= 4 is 5.97 Å². The minimum absolute atomic E-state index is 0.362. The molecule has 5 nitrogen and oxygen atoms in total. The average molecular weight is 291 g/mol. The fourth-order valence-corrected chi connectivity index (χ4v) is 1.72. The molecule has 2 aromatic rings. The number of carboxylic acids is 1. The molecule has 1 aromatic heterocycles. The standard InChI is InChI=1S/C15H14FNO4/c1-20-9-7-10-2-4-11(5-3-10)21-14-13(16)12(15(18)19)6-8-17-14/h2-6,8H,7,9H2,1H3,(H,18,19). The van der Waals surface area contributed by atoms with E-state index in [2.05, 4.69) is 4.98 Å². The van der Waals surface area contributed by atoms with Crippen molar-refractivity contribution in [2.75, 3.05) is 13.7 Å². The van der Waals surface area contributed by atoms with Crippen LogP contribution in [0.5, 0.6) is 11.6 Å². The van der Waals surface area contributed by atoms with Gasteiger partial charge in [0, 0.05) is 13.3 Å². The number of ether oxygens (including phenoxy) is 2. The number of benzene rings is 1. The topological polar surface area (TPSA) is 68.7 Å². The summed E-state index contributed by atoms with van der Waals surface area (Å²) in [5.74, 6) is -2.34. The molecule has 1 aromatic carbocycles. The Kier molecular flexibility index (Phi) is 4.84. The van der Waals surface area contributed by atoms with Gasteiger partial charge in [0.1, 0.15) is 11.3 Å². The molecule has 0 spiro atoms. The third-order valence-electron chi connectivity index (χ3n) is 2.82. The number of hydrogen-bond acceptors (Lipinski definition) is 4. The second-order valence-electron chi connectivity index (χ2n) is 4.27. The number of carboxylic acid groups (broad SMARTS) is 1. The second kappa shape index (κ2) is 6.81. The maximum atomic E-state index is 13.9. The van der Waals surface area contributed by atoms with E-state index in [1.807, 2.05) is 12.1 Å². The monoisotopic (exact) mass is 291 g/mol. The lowest BCUT2D eigenvalue weighted by Crippen LogP contribution is -2.03.